The average molecular weight is 860 g/mol. The van der Waals surface area contributed by atoms with Gasteiger partial charge in [0, 0.05) is 68.5 Å². The normalized spacial score (nSPS) is 12.2. The molecule has 1 unspecified atom stereocenters. The van der Waals surface area contributed by atoms with E-state index in [1.54, 1.807) is 45.3 Å². The topological polar surface area (TPSA) is 46.7 Å². The minimum absolute atomic E-state index is 0.150. The van der Waals surface area contributed by atoms with Gasteiger partial charge in [0.1, 0.15) is 0 Å². The number of nitrogens with two attached hydrogens (primary N) is 1. The molecule has 11 aromatic rings. The van der Waals surface area contributed by atoms with Gasteiger partial charge in [-0.3, -0.25) is 0 Å². The largest absolute Gasteiger partial charge is 0.354 e. The number of rotatable bonds is 9. The van der Waals surface area contributed by atoms with Gasteiger partial charge in [-0.1, -0.05) is 111 Å². The van der Waals surface area contributed by atoms with Crippen molar-refractivity contribution in [3.05, 3.63) is 153 Å². The molecule has 11 rings (SSSR count). The number of H-pyrrole nitrogens is 1. The molecular weight excluding hydrogens is 819 g/mol. The van der Waals surface area contributed by atoms with Crippen molar-refractivity contribution in [3.63, 3.8) is 0 Å². The highest BCUT2D eigenvalue weighted by Gasteiger charge is 2.20. The summed E-state index contributed by atoms with van der Waals surface area (Å²) in [6.45, 7) is 2.27. The zero-order chi connectivity index (χ0) is 40.9. The quantitative estimate of drug-likeness (QED) is 0.110. The van der Waals surface area contributed by atoms with Gasteiger partial charge >= 0.3 is 0 Å². The van der Waals surface area contributed by atoms with E-state index < -0.39 is 0 Å². The van der Waals surface area contributed by atoms with Gasteiger partial charge in [-0.25, -0.2) is 0 Å². The van der Waals surface area contributed by atoms with E-state index in [9.17, 15) is 0 Å². The third-order valence-corrected chi connectivity index (χ3v) is 16.0. The van der Waals surface area contributed by atoms with E-state index in [0.29, 0.717) is 0 Å². The number of aromatic nitrogens is 2. The predicted molar refractivity (Wildman–Crippen MR) is 268 cm³/mol. The van der Waals surface area contributed by atoms with Crippen LogP contribution in [-0.4, -0.2) is 9.55 Å². The Hall–Kier alpha value is -5.90. The lowest BCUT2D eigenvalue weighted by Crippen LogP contribution is -2.18. The number of thiophene rings is 4. The summed E-state index contributed by atoms with van der Waals surface area (Å²) in [5.41, 5.74) is 14.0. The Kier molecular flexibility index (Phi) is 10.1. The zero-order valence-corrected chi connectivity index (χ0v) is 36.9. The Balaban J connectivity index is 0.980. The average Bonchev–Trinajstić information content (AvgIpc) is 4.15. The molecule has 6 aromatic heterocycles. The molecule has 0 saturated carbocycles. The number of nitrogens with one attached hydrogen (secondary N) is 1. The zero-order valence-electron chi connectivity index (χ0n) is 33.7. The molecule has 0 aliphatic heterocycles. The molecule has 6 heterocycles. The van der Waals surface area contributed by atoms with Gasteiger partial charge in [-0.15, -0.1) is 45.3 Å². The second-order valence-electron chi connectivity index (χ2n) is 15.8. The molecule has 296 valence electrons. The van der Waals surface area contributed by atoms with Gasteiger partial charge in [0.25, 0.3) is 0 Å². The van der Waals surface area contributed by atoms with Crippen molar-refractivity contribution in [1.82, 2.24) is 9.55 Å². The summed E-state index contributed by atoms with van der Waals surface area (Å²) in [7, 11) is 0. The lowest BCUT2D eigenvalue weighted by atomic mass is 10.0. The van der Waals surface area contributed by atoms with E-state index in [1.807, 2.05) is 0 Å². The maximum absolute atomic E-state index is 7.29. The summed E-state index contributed by atoms with van der Waals surface area (Å²) < 4.78 is 2.44. The number of hydrogen-bond acceptors (Lipinski definition) is 5. The number of benzene rings is 5. The number of aromatic amines is 1. The van der Waals surface area contributed by atoms with Crippen LogP contribution in [0.5, 0.6) is 0 Å². The van der Waals surface area contributed by atoms with Crippen molar-refractivity contribution in [2.75, 3.05) is 0 Å². The van der Waals surface area contributed by atoms with Gasteiger partial charge in [0.2, 0.25) is 0 Å². The van der Waals surface area contributed by atoms with Crippen LogP contribution in [-0.2, 0) is 0 Å². The summed E-state index contributed by atoms with van der Waals surface area (Å²) in [6.07, 6.45) is 6.87. The Morgan fingerprint density at radius 1 is 0.557 bits per heavy atom. The van der Waals surface area contributed by atoms with Crippen LogP contribution in [0.1, 0.15) is 72.5 Å². The van der Waals surface area contributed by atoms with Gasteiger partial charge in [0.15, 0.2) is 0 Å². The van der Waals surface area contributed by atoms with E-state index in [0.717, 1.165) is 44.8 Å². The van der Waals surface area contributed by atoms with E-state index >= 15 is 0 Å². The molecule has 0 saturated heterocycles. The molecule has 1 atom stereocenters. The van der Waals surface area contributed by atoms with E-state index in [1.165, 1.54) is 99.3 Å². The Bertz CT molecular complexity index is 3530. The van der Waals surface area contributed by atoms with Crippen LogP contribution >= 0.6 is 45.3 Å². The van der Waals surface area contributed by atoms with Crippen LogP contribution in [0.3, 0.4) is 0 Å². The van der Waals surface area contributed by atoms with Crippen molar-refractivity contribution in [2.45, 2.75) is 51.6 Å². The fourth-order valence-corrected chi connectivity index (χ4v) is 12.2. The third-order valence-electron chi connectivity index (χ3n) is 11.8. The molecular formula is C54H41N3S4. The summed E-state index contributed by atoms with van der Waals surface area (Å²) in [6, 6.07) is 44.2. The number of unbranched alkanes of at least 4 members (excludes halogenated alkanes) is 4. The highest BCUT2D eigenvalue weighted by Crippen LogP contribution is 2.41. The van der Waals surface area contributed by atoms with Crippen LogP contribution in [0, 0.1) is 23.7 Å². The molecule has 3 nitrogen and oxygen atoms in total. The van der Waals surface area contributed by atoms with Gasteiger partial charge in [0.05, 0.1) is 32.5 Å². The molecule has 0 aliphatic rings. The maximum Gasteiger partial charge on any atom is 0.0820 e. The molecule has 61 heavy (non-hydrogen) atoms. The van der Waals surface area contributed by atoms with Crippen LogP contribution in [0.15, 0.2) is 132 Å². The highest BCUT2D eigenvalue weighted by atomic mass is 32.1. The lowest BCUT2D eigenvalue weighted by Gasteiger charge is -2.18. The van der Waals surface area contributed by atoms with Gasteiger partial charge < -0.3 is 15.3 Å². The second kappa shape index (κ2) is 16.2. The summed E-state index contributed by atoms with van der Waals surface area (Å²) >= 11 is 7.03. The maximum atomic E-state index is 7.29. The van der Waals surface area contributed by atoms with Crippen LogP contribution in [0.4, 0.5) is 0 Å². The standard InChI is InChI=1S/C54H41N3S4/c1-2-3-4-5-6-11-52(55)57-47-33-44-42-24-16-36-30-34(12-18-38-20-26-50(60-38)48-9-7-28-58-48)14-22-40(36)53(42)56-46(44)32-45(47)43-25-17-37-31-35(15-23-41(37)54(43)57)13-19-39-21-27-51(61-39)49-10-8-29-59-49/h7-10,14-17,20-33,52,56H,2-6,11,55H2,1H3. The van der Waals surface area contributed by atoms with Crippen molar-refractivity contribution in [3.8, 4) is 43.2 Å². The first-order valence-corrected chi connectivity index (χ1v) is 24.4. The fourth-order valence-electron chi connectivity index (χ4n) is 8.83. The Labute approximate surface area is 371 Å². The van der Waals surface area contributed by atoms with Crippen molar-refractivity contribution < 1.29 is 0 Å². The summed E-state index contributed by atoms with van der Waals surface area (Å²) in [5.74, 6) is 13.7. The molecule has 0 amide bonds. The second-order valence-corrected chi connectivity index (χ2v) is 19.8. The minimum Gasteiger partial charge on any atom is -0.354 e. The minimum atomic E-state index is -0.150. The number of nitrogens with zero attached hydrogens (tertiary/aromatic N) is 1. The van der Waals surface area contributed by atoms with E-state index in [4.69, 9.17) is 5.73 Å². The lowest BCUT2D eigenvalue weighted by molar-refractivity contribution is 0.471. The monoisotopic (exact) mass is 859 g/mol. The van der Waals surface area contributed by atoms with Crippen molar-refractivity contribution >= 4 is 111 Å². The molecule has 0 fully saturated rings. The van der Waals surface area contributed by atoms with Crippen LogP contribution in [0.25, 0.3) is 84.7 Å². The number of hydrogen-bond donors (Lipinski definition) is 2. The number of fused-ring (bicyclic) bond motifs is 10. The first kappa shape index (κ1) is 38.1. The third kappa shape index (κ3) is 7.17. The molecule has 7 heteroatoms. The molecule has 5 aromatic carbocycles. The van der Waals surface area contributed by atoms with Crippen molar-refractivity contribution in [2.24, 2.45) is 5.73 Å². The van der Waals surface area contributed by atoms with E-state index in [-0.39, 0.29) is 6.17 Å². The fraction of sp³-hybridized carbons (Fsp3) is 0.148. The molecule has 0 bridgehead atoms. The summed E-state index contributed by atoms with van der Waals surface area (Å²) in [4.78, 5) is 11.1. The molecule has 0 spiro atoms. The first-order chi connectivity index (χ1) is 30.1. The highest BCUT2D eigenvalue weighted by molar-refractivity contribution is 7.22. The molecule has 3 N–H and O–H groups in total. The van der Waals surface area contributed by atoms with Gasteiger partial charge in [-0.2, -0.15) is 0 Å². The Morgan fingerprint density at radius 3 is 1.84 bits per heavy atom. The predicted octanol–water partition coefficient (Wildman–Crippen LogP) is 15.9. The molecule has 0 radical (unpaired) electrons. The van der Waals surface area contributed by atoms with Crippen LogP contribution < -0.4 is 5.73 Å². The van der Waals surface area contributed by atoms with Crippen molar-refractivity contribution in [1.29, 1.82) is 0 Å². The first-order valence-electron chi connectivity index (χ1n) is 21.0. The molecule has 0 aliphatic carbocycles. The summed E-state index contributed by atoms with van der Waals surface area (Å²) in [5, 5.41) is 13.9. The Morgan fingerprint density at radius 2 is 1.18 bits per heavy atom. The SMILES string of the molecule is CCCCCCCC(N)n1c2cc3c(cc2c2ccc4cc(C#Cc5ccc(-c6cccs6)s5)ccc4c21)[nH]c1c2ccc(C#Cc4ccc(-c5cccs5)s4)cc2ccc31. The smallest absolute Gasteiger partial charge is 0.0820 e. The van der Waals surface area contributed by atoms with Gasteiger partial charge in [-0.05, 0) is 101 Å². The van der Waals surface area contributed by atoms with E-state index in [2.05, 4.69) is 172 Å². The van der Waals surface area contributed by atoms with Crippen LogP contribution in [0.2, 0.25) is 0 Å².